The van der Waals surface area contributed by atoms with Crippen molar-refractivity contribution in [3.63, 3.8) is 0 Å². The summed E-state index contributed by atoms with van der Waals surface area (Å²) in [4.78, 5) is 18.0. The standard InChI is InChI=1S/C24H25N5O5S.Na.2H2O/c1-28-13-18(12-26-28)17-9-22-23(25-11-17)6-4-16-3-5-19(10-21(16)24(22)30)27-35(31,32)29(2)14-20-15-33-7-8-34-20;;;/h3-6,9-13,20,27H,7-8,14-15H2,1-2H3;;2*1H2/t20-;;;/m1.../s1. The van der Waals surface area contributed by atoms with Crippen molar-refractivity contribution in [2.45, 2.75) is 6.10 Å². The Labute approximate surface area is 241 Å². The average molecular weight is 555 g/mol. The van der Waals surface area contributed by atoms with E-state index in [9.17, 15) is 13.2 Å². The van der Waals surface area contributed by atoms with Gasteiger partial charge in [0.05, 0.1) is 43.3 Å². The smallest absolute Gasteiger partial charge is 0.301 e. The maximum Gasteiger partial charge on any atom is 0.301 e. The fourth-order valence-corrected chi connectivity index (χ4v) is 4.99. The summed E-state index contributed by atoms with van der Waals surface area (Å²) in [5, 5.41) is 5.69. The number of pyridine rings is 1. The number of nitrogens with zero attached hydrogens (tertiary/aromatic N) is 4. The van der Waals surface area contributed by atoms with Crippen LogP contribution in [0, 0.1) is 0 Å². The molecule has 2 aromatic carbocycles. The minimum atomic E-state index is -3.87. The van der Waals surface area contributed by atoms with E-state index in [1.165, 1.54) is 11.4 Å². The first-order valence-corrected chi connectivity index (χ1v) is 12.5. The van der Waals surface area contributed by atoms with Gasteiger partial charge in [0.15, 0.2) is 5.43 Å². The van der Waals surface area contributed by atoms with Crippen LogP contribution in [0.5, 0.6) is 0 Å². The second-order valence-corrected chi connectivity index (χ2v) is 10.3. The molecule has 38 heavy (non-hydrogen) atoms. The van der Waals surface area contributed by atoms with Gasteiger partial charge in [0.2, 0.25) is 0 Å². The molecule has 1 saturated heterocycles. The maximum atomic E-state index is 13.5. The van der Waals surface area contributed by atoms with E-state index < -0.39 is 10.2 Å². The van der Waals surface area contributed by atoms with Crippen LogP contribution in [0.4, 0.5) is 5.69 Å². The molecule has 3 heterocycles. The van der Waals surface area contributed by atoms with Gasteiger partial charge < -0.3 is 20.4 Å². The molecule has 1 atom stereocenters. The van der Waals surface area contributed by atoms with E-state index in [0.29, 0.717) is 41.5 Å². The number of aryl methyl sites for hydroxylation is 1. The average Bonchev–Trinajstić information content (AvgIpc) is 3.23. The zero-order valence-corrected chi connectivity index (χ0v) is 24.2. The summed E-state index contributed by atoms with van der Waals surface area (Å²) in [6, 6.07) is 10.3. The van der Waals surface area contributed by atoms with Crippen molar-refractivity contribution in [3.05, 3.63) is 65.2 Å². The molecule has 0 amide bonds. The Hall–Kier alpha value is -2.46. The van der Waals surface area contributed by atoms with Gasteiger partial charge in [0.1, 0.15) is 0 Å². The normalized spacial score (nSPS) is 15.4. The quantitative estimate of drug-likeness (QED) is 0.329. The third kappa shape index (κ3) is 6.75. The van der Waals surface area contributed by atoms with Gasteiger partial charge in [-0.1, -0.05) is 12.1 Å². The van der Waals surface area contributed by atoms with Crippen LogP contribution in [-0.4, -0.2) is 108 Å². The number of rotatable bonds is 6. The number of nitrogens with one attached hydrogen (secondary N) is 1. The molecule has 0 bridgehead atoms. The van der Waals surface area contributed by atoms with E-state index in [2.05, 4.69) is 14.8 Å². The van der Waals surface area contributed by atoms with Crippen molar-refractivity contribution in [2.24, 2.45) is 7.05 Å². The fourth-order valence-electron chi connectivity index (χ4n) is 4.05. The SMILES string of the molecule is CN(C[C@@H]1COCCO1)S(=O)(=O)Nc1ccc2ccc3ncc(-c4cnn(C)c4)cc3c(=O)c2c1.O.O.[Na]. The zero-order valence-electron chi connectivity index (χ0n) is 21.3. The number of hydrogen-bond acceptors (Lipinski definition) is 7. The van der Waals surface area contributed by atoms with Crippen LogP contribution in [0.15, 0.2) is 59.8 Å². The zero-order chi connectivity index (χ0) is 24.6. The number of hydrogen-bond donors (Lipinski definition) is 1. The predicted octanol–water partition coefficient (Wildman–Crippen LogP) is 0.122. The van der Waals surface area contributed by atoms with E-state index in [1.807, 2.05) is 13.2 Å². The van der Waals surface area contributed by atoms with Crippen molar-refractivity contribution < 1.29 is 28.8 Å². The third-order valence-electron chi connectivity index (χ3n) is 5.92. The first kappa shape index (κ1) is 31.8. The van der Waals surface area contributed by atoms with Crippen molar-refractivity contribution in [3.8, 4) is 11.1 Å². The Bertz CT molecular complexity index is 1580. The van der Waals surface area contributed by atoms with E-state index >= 15 is 0 Å². The van der Waals surface area contributed by atoms with E-state index in [-0.39, 0.29) is 64.3 Å². The molecule has 0 saturated carbocycles. The van der Waals surface area contributed by atoms with Crippen molar-refractivity contribution in [1.29, 1.82) is 0 Å². The molecule has 14 heteroatoms. The molecule has 5 rings (SSSR count). The summed E-state index contributed by atoms with van der Waals surface area (Å²) in [6.07, 6.45) is 4.94. The van der Waals surface area contributed by atoms with Gasteiger partial charge >= 0.3 is 10.2 Å². The Kier molecular flexibility index (Phi) is 10.9. The van der Waals surface area contributed by atoms with Crippen LogP contribution < -0.4 is 10.2 Å². The van der Waals surface area contributed by atoms with Crippen LogP contribution in [0.2, 0.25) is 0 Å². The predicted molar refractivity (Wildman–Crippen MR) is 146 cm³/mol. The Morgan fingerprint density at radius 3 is 2.53 bits per heavy atom. The number of ether oxygens (including phenoxy) is 2. The van der Waals surface area contributed by atoms with Crippen LogP contribution in [0.25, 0.3) is 32.8 Å². The molecular weight excluding hydrogens is 525 g/mol. The molecule has 199 valence electrons. The van der Waals surface area contributed by atoms with Crippen LogP contribution in [0.1, 0.15) is 0 Å². The second-order valence-electron chi connectivity index (χ2n) is 8.48. The van der Waals surface area contributed by atoms with Gasteiger partial charge in [-0.25, -0.2) is 0 Å². The maximum absolute atomic E-state index is 13.5. The molecule has 4 aromatic rings. The first-order valence-electron chi connectivity index (χ1n) is 11.1. The Morgan fingerprint density at radius 1 is 1.08 bits per heavy atom. The van der Waals surface area contributed by atoms with Crippen LogP contribution in [-0.2, 0) is 26.7 Å². The topological polar surface area (TPSA) is 179 Å². The summed E-state index contributed by atoms with van der Waals surface area (Å²) in [7, 11) is -0.578. The van der Waals surface area contributed by atoms with Gasteiger partial charge in [0, 0.05) is 84.5 Å². The van der Waals surface area contributed by atoms with Crippen molar-refractivity contribution >= 4 is 67.1 Å². The monoisotopic (exact) mass is 554 g/mol. The number of benzene rings is 1. The number of anilines is 1. The number of likely N-dealkylation sites (N-methyl/N-ethyl adjacent to an activating group) is 1. The summed E-state index contributed by atoms with van der Waals surface area (Å²) in [5.41, 5.74) is 2.23. The van der Waals surface area contributed by atoms with Gasteiger partial charge in [-0.05, 0) is 29.7 Å². The van der Waals surface area contributed by atoms with E-state index in [1.54, 1.807) is 53.5 Å². The summed E-state index contributed by atoms with van der Waals surface area (Å²) in [6.45, 7) is 1.43. The van der Waals surface area contributed by atoms with Gasteiger partial charge in [-0.15, -0.1) is 0 Å². The van der Waals surface area contributed by atoms with Gasteiger partial charge in [-0.2, -0.15) is 17.8 Å². The summed E-state index contributed by atoms with van der Waals surface area (Å²) in [5.74, 6) is 0. The van der Waals surface area contributed by atoms with E-state index in [4.69, 9.17) is 9.47 Å². The fraction of sp³-hybridized carbons (Fsp3) is 0.292. The molecule has 0 spiro atoms. The third-order valence-corrected chi connectivity index (χ3v) is 7.39. The first-order chi connectivity index (χ1) is 16.8. The molecule has 1 aliphatic rings. The van der Waals surface area contributed by atoms with Gasteiger partial charge in [-0.3, -0.25) is 19.2 Å². The molecule has 0 aliphatic carbocycles. The van der Waals surface area contributed by atoms with Crippen LogP contribution >= 0.6 is 0 Å². The molecule has 12 nitrogen and oxygen atoms in total. The molecule has 5 N–H and O–H groups in total. The minimum Gasteiger partial charge on any atom is -0.412 e. The van der Waals surface area contributed by atoms with Crippen LogP contribution in [0.3, 0.4) is 0 Å². The summed E-state index contributed by atoms with van der Waals surface area (Å²) >= 11 is 0. The molecule has 1 aliphatic heterocycles. The molecule has 1 radical (unpaired) electrons. The Morgan fingerprint density at radius 2 is 1.84 bits per heavy atom. The molecule has 2 aromatic heterocycles. The molecule has 1 fully saturated rings. The van der Waals surface area contributed by atoms with Crippen molar-refractivity contribution in [2.75, 3.05) is 38.1 Å². The van der Waals surface area contributed by atoms with Gasteiger partial charge in [0.25, 0.3) is 0 Å². The number of fused-ring (bicyclic) bond motifs is 2. The molecular formula is C24H29N5NaO7S. The molecule has 0 unspecified atom stereocenters. The minimum absolute atomic E-state index is 0. The van der Waals surface area contributed by atoms with Crippen molar-refractivity contribution in [1.82, 2.24) is 19.1 Å². The Balaban J connectivity index is 0.00000169. The summed E-state index contributed by atoms with van der Waals surface area (Å²) < 4.78 is 42.1. The largest absolute Gasteiger partial charge is 0.412 e. The number of aromatic nitrogens is 3. The second kappa shape index (κ2) is 13.1. The van der Waals surface area contributed by atoms with E-state index in [0.717, 1.165) is 11.1 Å².